The van der Waals surface area contributed by atoms with Crippen molar-refractivity contribution in [3.8, 4) is 0 Å². The van der Waals surface area contributed by atoms with Gasteiger partial charge in [0.2, 0.25) is 11.8 Å². The van der Waals surface area contributed by atoms with Gasteiger partial charge in [0, 0.05) is 19.1 Å². The van der Waals surface area contributed by atoms with E-state index in [1.165, 1.54) is 24.1 Å². The highest BCUT2D eigenvalue weighted by Gasteiger charge is 2.62. The maximum Gasteiger partial charge on any atom is 0.232 e. The minimum atomic E-state index is -0.311. The molecule has 1 aliphatic carbocycles. The fourth-order valence-electron chi connectivity index (χ4n) is 6.18. The molecule has 3 fully saturated rings. The highest BCUT2D eigenvalue weighted by Crippen LogP contribution is 2.59. The minimum absolute atomic E-state index is 0.0346. The average Bonchev–Trinajstić information content (AvgIpc) is 2.83. The summed E-state index contributed by atoms with van der Waals surface area (Å²) in [7, 11) is 0. The molecule has 2 amide bonds. The topological polar surface area (TPSA) is 40.6 Å². The molecule has 0 aromatic heterocycles. The van der Waals surface area contributed by atoms with Gasteiger partial charge in [-0.05, 0) is 48.9 Å². The number of nitrogens with zero attached hydrogens (tertiary/aromatic N) is 2. The summed E-state index contributed by atoms with van der Waals surface area (Å²) in [6, 6.07) is 17.1. The molecule has 1 atom stereocenters. The van der Waals surface area contributed by atoms with Crippen LogP contribution >= 0.6 is 0 Å². The van der Waals surface area contributed by atoms with Crippen LogP contribution in [-0.2, 0) is 16.0 Å². The molecule has 5 rings (SSSR count). The van der Waals surface area contributed by atoms with E-state index in [1.54, 1.807) is 12.1 Å². The number of hydrogen-bond donors (Lipinski definition) is 0. The van der Waals surface area contributed by atoms with E-state index in [1.807, 2.05) is 11.0 Å². The maximum absolute atomic E-state index is 13.5. The predicted molar refractivity (Wildman–Crippen MR) is 121 cm³/mol. The third kappa shape index (κ3) is 3.72. The van der Waals surface area contributed by atoms with Gasteiger partial charge in [0.05, 0.1) is 17.9 Å². The Bertz CT molecular complexity index is 978. The van der Waals surface area contributed by atoms with Crippen LogP contribution in [0.25, 0.3) is 0 Å². The zero-order valence-corrected chi connectivity index (χ0v) is 18.5. The van der Waals surface area contributed by atoms with Crippen molar-refractivity contribution in [3.63, 3.8) is 0 Å². The van der Waals surface area contributed by atoms with Crippen LogP contribution in [0.15, 0.2) is 54.6 Å². The highest BCUT2D eigenvalue weighted by molar-refractivity contribution is 5.91. The molecular weight excluding hydrogens is 403 g/mol. The first-order valence-corrected chi connectivity index (χ1v) is 12.0. The summed E-state index contributed by atoms with van der Waals surface area (Å²) >= 11 is 0. The minimum Gasteiger partial charge on any atom is -0.342 e. The summed E-state index contributed by atoms with van der Waals surface area (Å²) in [6.45, 7) is 1.30. The Morgan fingerprint density at radius 3 is 2.38 bits per heavy atom. The number of carbonyl (C=O) groups excluding carboxylic acids is 2. The number of β-lactam (4-membered cyclic amide) rings is 1. The van der Waals surface area contributed by atoms with E-state index < -0.39 is 0 Å². The summed E-state index contributed by atoms with van der Waals surface area (Å²) in [6.07, 6.45) is 7.31. The maximum atomic E-state index is 13.5. The van der Waals surface area contributed by atoms with E-state index in [0.717, 1.165) is 38.5 Å². The van der Waals surface area contributed by atoms with Crippen LogP contribution in [-0.4, -0.2) is 40.7 Å². The second-order valence-corrected chi connectivity index (χ2v) is 9.66. The molecule has 1 unspecified atom stereocenters. The molecule has 168 valence electrons. The smallest absolute Gasteiger partial charge is 0.232 e. The Balaban J connectivity index is 1.27. The monoisotopic (exact) mass is 434 g/mol. The van der Waals surface area contributed by atoms with E-state index in [9.17, 15) is 14.0 Å². The standard InChI is InChI=1S/C27H31FN2O2/c28-22-11-7-8-20(18-22)19-24(31)29-16-12-23(13-17-29)30-25(21-9-3-1-4-10-21)27(26(30)32)14-5-2-6-15-27/h1,3-4,7-11,18,23,25H,2,5-6,12-17,19H2. The number of likely N-dealkylation sites (tertiary alicyclic amines) is 2. The molecule has 2 aromatic carbocycles. The number of carbonyl (C=O) groups is 2. The number of amides is 2. The van der Waals surface area contributed by atoms with Crippen LogP contribution in [0.5, 0.6) is 0 Å². The zero-order valence-electron chi connectivity index (χ0n) is 18.5. The molecule has 0 radical (unpaired) electrons. The normalized spacial score (nSPS) is 23.3. The summed E-state index contributed by atoms with van der Waals surface area (Å²) in [5, 5.41) is 0. The van der Waals surface area contributed by atoms with Gasteiger partial charge in [-0.15, -0.1) is 0 Å². The van der Waals surface area contributed by atoms with Crippen molar-refractivity contribution in [2.75, 3.05) is 13.1 Å². The first-order valence-electron chi connectivity index (χ1n) is 12.0. The molecule has 0 N–H and O–H groups in total. The van der Waals surface area contributed by atoms with Crippen molar-refractivity contribution in [3.05, 3.63) is 71.5 Å². The molecule has 5 heteroatoms. The third-order valence-electron chi connectivity index (χ3n) is 7.78. The van der Waals surface area contributed by atoms with Gasteiger partial charge in [-0.1, -0.05) is 61.7 Å². The Morgan fingerprint density at radius 1 is 0.969 bits per heavy atom. The van der Waals surface area contributed by atoms with Gasteiger partial charge >= 0.3 is 0 Å². The van der Waals surface area contributed by atoms with Crippen LogP contribution in [0.1, 0.15) is 62.1 Å². The molecule has 4 nitrogen and oxygen atoms in total. The third-order valence-corrected chi connectivity index (χ3v) is 7.78. The Labute approximate surface area is 189 Å². The predicted octanol–water partition coefficient (Wildman–Crippen LogP) is 4.89. The molecule has 3 aliphatic rings. The SMILES string of the molecule is O=C(Cc1cccc(F)c1)N1CCC(N2C(=O)C3(CCCCC3)C2c2ccccc2)CC1. The number of rotatable bonds is 4. The van der Waals surface area contributed by atoms with Gasteiger partial charge in [-0.2, -0.15) is 0 Å². The average molecular weight is 435 g/mol. The number of hydrogen-bond acceptors (Lipinski definition) is 2. The van der Waals surface area contributed by atoms with Crippen LogP contribution < -0.4 is 0 Å². The second-order valence-electron chi connectivity index (χ2n) is 9.66. The van der Waals surface area contributed by atoms with E-state index in [4.69, 9.17) is 0 Å². The van der Waals surface area contributed by atoms with E-state index in [-0.39, 0.29) is 35.6 Å². The van der Waals surface area contributed by atoms with Crippen molar-refractivity contribution in [2.45, 2.75) is 63.5 Å². The zero-order chi connectivity index (χ0) is 22.1. The van der Waals surface area contributed by atoms with Gasteiger partial charge in [-0.3, -0.25) is 9.59 Å². The molecule has 2 aromatic rings. The lowest BCUT2D eigenvalue weighted by Gasteiger charge is -2.61. The molecule has 1 spiro atoms. The molecule has 0 bridgehead atoms. The highest BCUT2D eigenvalue weighted by atomic mass is 19.1. The van der Waals surface area contributed by atoms with E-state index in [0.29, 0.717) is 24.6 Å². The van der Waals surface area contributed by atoms with E-state index >= 15 is 0 Å². The molecule has 2 saturated heterocycles. The van der Waals surface area contributed by atoms with Crippen molar-refractivity contribution in [2.24, 2.45) is 5.41 Å². The first kappa shape index (κ1) is 21.2. The van der Waals surface area contributed by atoms with Crippen LogP contribution in [0.4, 0.5) is 4.39 Å². The summed E-state index contributed by atoms with van der Waals surface area (Å²) < 4.78 is 13.4. The Hall–Kier alpha value is -2.69. The molecule has 32 heavy (non-hydrogen) atoms. The lowest BCUT2D eigenvalue weighted by molar-refractivity contribution is -0.186. The molecule has 2 aliphatic heterocycles. The second kappa shape index (κ2) is 8.68. The van der Waals surface area contributed by atoms with Crippen molar-refractivity contribution in [1.29, 1.82) is 0 Å². The fourth-order valence-corrected chi connectivity index (χ4v) is 6.18. The van der Waals surface area contributed by atoms with Crippen LogP contribution in [0.3, 0.4) is 0 Å². The Kier molecular flexibility index (Phi) is 5.75. The van der Waals surface area contributed by atoms with Crippen molar-refractivity contribution in [1.82, 2.24) is 9.80 Å². The van der Waals surface area contributed by atoms with Crippen molar-refractivity contribution >= 4 is 11.8 Å². The molecule has 1 saturated carbocycles. The van der Waals surface area contributed by atoms with Crippen molar-refractivity contribution < 1.29 is 14.0 Å². The lowest BCUT2D eigenvalue weighted by atomic mass is 9.59. The quantitative estimate of drug-likeness (QED) is 0.643. The number of halogens is 1. The summed E-state index contributed by atoms with van der Waals surface area (Å²) in [5.74, 6) is 0.0526. The van der Waals surface area contributed by atoms with Gasteiger partial charge in [0.1, 0.15) is 5.82 Å². The largest absolute Gasteiger partial charge is 0.342 e. The fraction of sp³-hybridized carbons (Fsp3) is 0.481. The van der Waals surface area contributed by atoms with Gasteiger partial charge in [0.25, 0.3) is 0 Å². The summed E-state index contributed by atoms with van der Waals surface area (Å²) in [4.78, 5) is 30.3. The van der Waals surface area contributed by atoms with Gasteiger partial charge in [0.15, 0.2) is 0 Å². The number of piperidine rings is 1. The van der Waals surface area contributed by atoms with Crippen LogP contribution in [0, 0.1) is 11.2 Å². The summed E-state index contributed by atoms with van der Waals surface area (Å²) in [5.41, 5.74) is 1.74. The molecular formula is C27H31FN2O2. The van der Waals surface area contributed by atoms with Gasteiger partial charge < -0.3 is 9.80 Å². The Morgan fingerprint density at radius 2 is 1.69 bits per heavy atom. The number of benzene rings is 2. The first-order chi connectivity index (χ1) is 15.6. The van der Waals surface area contributed by atoms with Crippen LogP contribution in [0.2, 0.25) is 0 Å². The molecule has 2 heterocycles. The lowest BCUT2D eigenvalue weighted by Crippen LogP contribution is -2.67. The van der Waals surface area contributed by atoms with E-state index in [2.05, 4.69) is 29.2 Å². The van der Waals surface area contributed by atoms with Gasteiger partial charge in [-0.25, -0.2) is 4.39 Å².